The molecular weight excluding hydrogens is 434 g/mol. The number of amides is 1. The first-order valence-corrected chi connectivity index (χ1v) is 11.5. The Labute approximate surface area is 198 Å². The van der Waals surface area contributed by atoms with Crippen molar-refractivity contribution >= 4 is 22.7 Å². The highest BCUT2D eigenvalue weighted by Gasteiger charge is 2.44. The molecule has 1 amide bonds. The molecule has 1 aromatic carbocycles. The highest BCUT2D eigenvalue weighted by Crippen LogP contribution is 2.40. The summed E-state index contributed by atoms with van der Waals surface area (Å²) in [6, 6.07) is 9.76. The van der Waals surface area contributed by atoms with Crippen molar-refractivity contribution in [3.05, 3.63) is 71.4 Å². The number of rotatable bonds is 10. The van der Waals surface area contributed by atoms with Crippen LogP contribution in [0, 0.1) is 0 Å². The number of para-hydroxylation sites is 1. The molecule has 0 spiro atoms. The average Bonchev–Trinajstić information content (AvgIpc) is 3.41. The van der Waals surface area contributed by atoms with Crippen LogP contribution in [0.5, 0.6) is 5.75 Å². The molecule has 1 aliphatic heterocycles. The largest absolute Gasteiger partial charge is 0.503 e. The summed E-state index contributed by atoms with van der Waals surface area (Å²) in [7, 11) is 1.53. The molecule has 0 fully saturated rings. The lowest BCUT2D eigenvalue weighted by molar-refractivity contribution is -0.129. The Hall–Kier alpha value is -3.65. The number of carbonyl (C=O) groups is 2. The normalized spacial score (nSPS) is 16.2. The minimum atomic E-state index is -0.750. The Bertz CT molecular complexity index is 1210. The predicted octanol–water partition coefficient (Wildman–Crippen LogP) is 4.15. The SMILES string of the molecule is CCN(CC)CCCN1C(=O)C(O)=C(C(=O)c2cc3cccc(OC)c3o2)[C@@H]1c1cccnc1. The summed E-state index contributed by atoms with van der Waals surface area (Å²) in [6.07, 6.45) is 3.95. The van der Waals surface area contributed by atoms with Crippen molar-refractivity contribution in [3.8, 4) is 5.75 Å². The fourth-order valence-electron chi connectivity index (χ4n) is 4.45. The predicted molar refractivity (Wildman–Crippen MR) is 128 cm³/mol. The first-order valence-electron chi connectivity index (χ1n) is 11.5. The van der Waals surface area contributed by atoms with Crippen molar-refractivity contribution in [1.29, 1.82) is 0 Å². The number of carbonyl (C=O) groups excluding carboxylic acids is 2. The van der Waals surface area contributed by atoms with E-state index in [-0.39, 0.29) is 11.3 Å². The molecule has 8 nitrogen and oxygen atoms in total. The van der Waals surface area contributed by atoms with Gasteiger partial charge in [-0.25, -0.2) is 0 Å². The quantitative estimate of drug-likeness (QED) is 0.451. The van der Waals surface area contributed by atoms with E-state index in [4.69, 9.17) is 9.15 Å². The van der Waals surface area contributed by atoms with E-state index in [1.807, 2.05) is 6.07 Å². The molecule has 0 radical (unpaired) electrons. The van der Waals surface area contributed by atoms with Crippen molar-refractivity contribution in [2.24, 2.45) is 0 Å². The number of hydrogen-bond acceptors (Lipinski definition) is 7. The molecular formula is C26H29N3O5. The van der Waals surface area contributed by atoms with E-state index in [9.17, 15) is 14.7 Å². The molecule has 34 heavy (non-hydrogen) atoms. The van der Waals surface area contributed by atoms with Crippen LogP contribution in [0.1, 0.15) is 42.4 Å². The number of fused-ring (bicyclic) bond motifs is 1. The molecule has 0 bridgehead atoms. The van der Waals surface area contributed by atoms with Gasteiger partial charge in [0.15, 0.2) is 22.9 Å². The van der Waals surface area contributed by atoms with E-state index in [2.05, 4.69) is 23.7 Å². The second-order valence-corrected chi connectivity index (χ2v) is 8.15. The molecule has 3 aromatic rings. The van der Waals surface area contributed by atoms with Crippen molar-refractivity contribution < 1.29 is 23.8 Å². The molecule has 0 aliphatic carbocycles. The van der Waals surface area contributed by atoms with E-state index in [0.29, 0.717) is 35.2 Å². The number of hydrogen-bond donors (Lipinski definition) is 1. The number of nitrogens with zero attached hydrogens (tertiary/aromatic N) is 3. The summed E-state index contributed by atoms with van der Waals surface area (Å²) < 4.78 is 11.2. The van der Waals surface area contributed by atoms with Crippen molar-refractivity contribution in [3.63, 3.8) is 0 Å². The molecule has 1 N–H and O–H groups in total. The molecule has 3 heterocycles. The number of pyridine rings is 1. The van der Waals surface area contributed by atoms with Crippen LogP contribution in [-0.4, -0.2) is 64.9 Å². The van der Waals surface area contributed by atoms with Gasteiger partial charge in [-0.05, 0) is 49.8 Å². The maximum absolute atomic E-state index is 13.6. The smallest absolute Gasteiger partial charge is 0.290 e. The Morgan fingerprint density at radius 1 is 1.24 bits per heavy atom. The number of furan rings is 1. The Kier molecular flexibility index (Phi) is 6.98. The zero-order valence-corrected chi connectivity index (χ0v) is 19.7. The van der Waals surface area contributed by atoms with E-state index in [1.165, 1.54) is 7.11 Å². The lowest BCUT2D eigenvalue weighted by atomic mass is 9.96. The third-order valence-electron chi connectivity index (χ3n) is 6.27. The molecule has 8 heteroatoms. The van der Waals surface area contributed by atoms with Gasteiger partial charge in [-0.1, -0.05) is 32.0 Å². The van der Waals surface area contributed by atoms with Gasteiger partial charge >= 0.3 is 0 Å². The number of aromatic nitrogens is 1. The minimum absolute atomic E-state index is 0.00105. The summed E-state index contributed by atoms with van der Waals surface area (Å²) in [5, 5.41) is 11.5. The van der Waals surface area contributed by atoms with Crippen LogP contribution in [0.15, 0.2) is 64.5 Å². The third kappa shape index (κ3) is 4.28. The highest BCUT2D eigenvalue weighted by molar-refractivity contribution is 6.16. The van der Waals surface area contributed by atoms with Crippen molar-refractivity contribution in [1.82, 2.24) is 14.8 Å². The topological polar surface area (TPSA) is 96.1 Å². The van der Waals surface area contributed by atoms with Gasteiger partial charge in [0.2, 0.25) is 5.78 Å². The zero-order chi connectivity index (χ0) is 24.2. The van der Waals surface area contributed by atoms with Gasteiger partial charge in [-0.15, -0.1) is 0 Å². The lowest BCUT2D eigenvalue weighted by Gasteiger charge is -2.27. The number of ketones is 1. The Morgan fingerprint density at radius 2 is 2.03 bits per heavy atom. The number of aliphatic hydroxyl groups excluding tert-OH is 1. The molecule has 4 rings (SSSR count). The second kappa shape index (κ2) is 10.1. The molecule has 0 unspecified atom stereocenters. The highest BCUT2D eigenvalue weighted by atomic mass is 16.5. The third-order valence-corrected chi connectivity index (χ3v) is 6.27. The van der Waals surface area contributed by atoms with Crippen LogP contribution in [-0.2, 0) is 4.79 Å². The molecule has 0 saturated carbocycles. The van der Waals surface area contributed by atoms with Gasteiger partial charge in [-0.2, -0.15) is 0 Å². The van der Waals surface area contributed by atoms with Crippen LogP contribution >= 0.6 is 0 Å². The van der Waals surface area contributed by atoms with Gasteiger partial charge in [0.25, 0.3) is 5.91 Å². The van der Waals surface area contributed by atoms with E-state index >= 15 is 0 Å². The lowest BCUT2D eigenvalue weighted by Crippen LogP contribution is -2.34. The van der Waals surface area contributed by atoms with Crippen LogP contribution in [0.25, 0.3) is 11.0 Å². The summed E-state index contributed by atoms with van der Waals surface area (Å²) in [5.41, 5.74) is 1.09. The maximum atomic E-state index is 13.6. The first-order chi connectivity index (χ1) is 16.5. The first kappa shape index (κ1) is 23.5. The maximum Gasteiger partial charge on any atom is 0.290 e. The Morgan fingerprint density at radius 3 is 2.71 bits per heavy atom. The fourth-order valence-corrected chi connectivity index (χ4v) is 4.45. The average molecular weight is 464 g/mol. The number of Topliss-reactive ketones (excluding diaryl/α,β-unsaturated/α-hetero) is 1. The summed E-state index contributed by atoms with van der Waals surface area (Å²) in [5.74, 6) is -1.12. The van der Waals surface area contributed by atoms with Gasteiger partial charge in [-0.3, -0.25) is 14.6 Å². The van der Waals surface area contributed by atoms with Crippen molar-refractivity contribution in [2.45, 2.75) is 26.3 Å². The van der Waals surface area contributed by atoms with E-state index in [1.54, 1.807) is 47.6 Å². The Balaban J connectivity index is 1.70. The van der Waals surface area contributed by atoms with Gasteiger partial charge in [0, 0.05) is 24.3 Å². The standard InChI is InChI=1S/C26H29N3O5/c1-4-28(5-2)13-8-14-29-22(18-10-7-12-27-16-18)21(24(31)26(29)32)23(30)20-15-17-9-6-11-19(33-3)25(17)34-20/h6-7,9-12,15-16,22,31H,4-5,8,13-14H2,1-3H3/t22-/m0/s1. The molecule has 0 saturated heterocycles. The van der Waals surface area contributed by atoms with E-state index in [0.717, 1.165) is 19.6 Å². The molecule has 1 aliphatic rings. The van der Waals surface area contributed by atoms with Crippen LogP contribution in [0.4, 0.5) is 0 Å². The molecule has 178 valence electrons. The minimum Gasteiger partial charge on any atom is -0.503 e. The number of benzene rings is 1. The zero-order valence-electron chi connectivity index (χ0n) is 19.7. The summed E-state index contributed by atoms with van der Waals surface area (Å²) in [6.45, 7) is 7.22. The van der Waals surface area contributed by atoms with Gasteiger partial charge < -0.3 is 24.1 Å². The monoisotopic (exact) mass is 463 g/mol. The van der Waals surface area contributed by atoms with Crippen LogP contribution < -0.4 is 4.74 Å². The number of methoxy groups -OCH3 is 1. The van der Waals surface area contributed by atoms with Gasteiger partial charge in [0.1, 0.15) is 0 Å². The van der Waals surface area contributed by atoms with E-state index < -0.39 is 23.5 Å². The number of aliphatic hydroxyl groups is 1. The second-order valence-electron chi connectivity index (χ2n) is 8.15. The molecule has 2 aromatic heterocycles. The summed E-state index contributed by atoms with van der Waals surface area (Å²) in [4.78, 5) is 34.7. The molecule has 1 atom stereocenters. The van der Waals surface area contributed by atoms with Crippen LogP contribution in [0.3, 0.4) is 0 Å². The number of ether oxygens (including phenoxy) is 1. The van der Waals surface area contributed by atoms with Crippen LogP contribution in [0.2, 0.25) is 0 Å². The van der Waals surface area contributed by atoms with Gasteiger partial charge in [0.05, 0.1) is 18.7 Å². The summed E-state index contributed by atoms with van der Waals surface area (Å²) >= 11 is 0. The fraction of sp³-hybridized carbons (Fsp3) is 0.346. The van der Waals surface area contributed by atoms with Crippen molar-refractivity contribution in [2.75, 3.05) is 33.3 Å².